The quantitative estimate of drug-likeness (QED) is 0.796. The van der Waals surface area contributed by atoms with Gasteiger partial charge in [-0.1, -0.05) is 18.2 Å². The van der Waals surface area contributed by atoms with Crippen molar-refractivity contribution >= 4 is 12.1 Å². The molecular weight excluding hydrogens is 246 g/mol. The fourth-order valence-corrected chi connectivity index (χ4v) is 1.70. The summed E-state index contributed by atoms with van der Waals surface area (Å²) in [5.41, 5.74) is 0.102. The first-order valence-electron chi connectivity index (χ1n) is 6.24. The van der Waals surface area contributed by atoms with Crippen LogP contribution in [-0.2, 0) is 14.3 Å². The molecule has 0 aromatic carbocycles. The van der Waals surface area contributed by atoms with Crippen LogP contribution in [0.1, 0.15) is 27.2 Å². The zero-order chi connectivity index (χ0) is 14.5. The zero-order valence-corrected chi connectivity index (χ0v) is 11.9. The number of esters is 1. The third kappa shape index (κ3) is 5.59. The van der Waals surface area contributed by atoms with Crippen LogP contribution in [-0.4, -0.2) is 31.3 Å². The fourth-order valence-electron chi connectivity index (χ4n) is 1.70. The van der Waals surface area contributed by atoms with E-state index in [1.165, 1.54) is 7.11 Å². The van der Waals surface area contributed by atoms with E-state index in [9.17, 15) is 9.59 Å². The SMILES string of the molecule is COC(=O)C1=CC=CC(CNC(=O)OC(C)(C)C)C1. The van der Waals surface area contributed by atoms with Crippen LogP contribution in [0.4, 0.5) is 4.79 Å². The van der Waals surface area contributed by atoms with Crippen LogP contribution in [0.5, 0.6) is 0 Å². The Hall–Kier alpha value is -1.78. The van der Waals surface area contributed by atoms with Crippen molar-refractivity contribution in [1.82, 2.24) is 5.32 Å². The number of rotatable bonds is 3. The maximum Gasteiger partial charge on any atom is 0.407 e. The van der Waals surface area contributed by atoms with Crippen molar-refractivity contribution in [1.29, 1.82) is 0 Å². The molecule has 1 N–H and O–H groups in total. The van der Waals surface area contributed by atoms with Gasteiger partial charge in [0.05, 0.1) is 7.11 Å². The van der Waals surface area contributed by atoms with Gasteiger partial charge >= 0.3 is 12.1 Å². The lowest BCUT2D eigenvalue weighted by Crippen LogP contribution is -2.35. The summed E-state index contributed by atoms with van der Waals surface area (Å²) in [6, 6.07) is 0. The number of amides is 1. The maximum absolute atomic E-state index is 11.5. The van der Waals surface area contributed by atoms with E-state index >= 15 is 0 Å². The Balaban J connectivity index is 2.40. The number of hydrogen-bond acceptors (Lipinski definition) is 4. The Morgan fingerprint density at radius 3 is 2.68 bits per heavy atom. The van der Waals surface area contributed by atoms with Crippen molar-refractivity contribution in [3.8, 4) is 0 Å². The zero-order valence-electron chi connectivity index (χ0n) is 11.9. The second-order valence-electron chi connectivity index (χ2n) is 5.42. The molecule has 5 nitrogen and oxygen atoms in total. The lowest BCUT2D eigenvalue weighted by Gasteiger charge is -2.22. The van der Waals surface area contributed by atoms with E-state index in [4.69, 9.17) is 4.74 Å². The van der Waals surface area contributed by atoms with E-state index in [-0.39, 0.29) is 11.9 Å². The molecular formula is C14H21NO4. The van der Waals surface area contributed by atoms with Gasteiger partial charge in [-0.05, 0) is 33.1 Å². The van der Waals surface area contributed by atoms with Gasteiger partial charge in [-0.25, -0.2) is 9.59 Å². The van der Waals surface area contributed by atoms with E-state index < -0.39 is 11.7 Å². The minimum Gasteiger partial charge on any atom is -0.466 e. The second kappa shape index (κ2) is 6.41. The van der Waals surface area contributed by atoms with Gasteiger partial charge in [-0.2, -0.15) is 0 Å². The summed E-state index contributed by atoms with van der Waals surface area (Å²) in [6.45, 7) is 5.86. The summed E-state index contributed by atoms with van der Waals surface area (Å²) in [4.78, 5) is 22.9. The number of alkyl carbamates (subject to hydrolysis) is 1. The normalized spacial score (nSPS) is 18.5. The third-order valence-electron chi connectivity index (χ3n) is 2.52. The molecule has 106 valence electrons. The number of nitrogens with one attached hydrogen (secondary N) is 1. The van der Waals surface area contributed by atoms with Gasteiger partial charge in [0.15, 0.2) is 0 Å². The van der Waals surface area contributed by atoms with Crippen LogP contribution < -0.4 is 5.32 Å². The summed E-state index contributed by atoms with van der Waals surface area (Å²) in [5, 5.41) is 2.69. The summed E-state index contributed by atoms with van der Waals surface area (Å²) >= 11 is 0. The monoisotopic (exact) mass is 267 g/mol. The molecule has 19 heavy (non-hydrogen) atoms. The first kappa shape index (κ1) is 15.3. The summed E-state index contributed by atoms with van der Waals surface area (Å²) in [5.74, 6) is -0.252. The van der Waals surface area contributed by atoms with Crippen LogP contribution >= 0.6 is 0 Å². The molecule has 0 heterocycles. The minimum atomic E-state index is -0.510. The van der Waals surface area contributed by atoms with Crippen molar-refractivity contribution < 1.29 is 19.1 Å². The summed E-state index contributed by atoms with van der Waals surface area (Å²) in [7, 11) is 1.36. The molecule has 0 aromatic heterocycles. The Labute approximate surface area is 113 Å². The highest BCUT2D eigenvalue weighted by atomic mass is 16.6. The molecule has 1 atom stereocenters. The van der Waals surface area contributed by atoms with Crippen molar-refractivity contribution in [2.45, 2.75) is 32.8 Å². The average molecular weight is 267 g/mol. The van der Waals surface area contributed by atoms with Gasteiger partial charge in [0.2, 0.25) is 0 Å². The molecule has 0 fully saturated rings. The maximum atomic E-state index is 11.5. The number of carbonyl (C=O) groups is 2. The molecule has 1 rings (SSSR count). The van der Waals surface area contributed by atoms with Gasteiger partial charge in [-0.15, -0.1) is 0 Å². The van der Waals surface area contributed by atoms with Gasteiger partial charge < -0.3 is 14.8 Å². The van der Waals surface area contributed by atoms with Gasteiger partial charge in [0, 0.05) is 12.1 Å². The fraction of sp³-hybridized carbons (Fsp3) is 0.571. The van der Waals surface area contributed by atoms with Crippen LogP contribution in [0, 0.1) is 5.92 Å². The number of allylic oxidation sites excluding steroid dienone is 2. The summed E-state index contributed by atoms with van der Waals surface area (Å²) < 4.78 is 9.82. The highest BCUT2D eigenvalue weighted by Gasteiger charge is 2.20. The molecule has 0 bridgehead atoms. The predicted octanol–water partition coefficient (Wildman–Crippen LogP) is 2.19. The predicted molar refractivity (Wildman–Crippen MR) is 71.6 cm³/mol. The molecule has 0 aliphatic heterocycles. The largest absolute Gasteiger partial charge is 0.466 e. The Bertz CT molecular complexity index is 404. The molecule has 1 aliphatic rings. The molecule has 0 radical (unpaired) electrons. The van der Waals surface area contributed by atoms with Crippen molar-refractivity contribution in [3.63, 3.8) is 0 Å². The Morgan fingerprint density at radius 2 is 2.11 bits per heavy atom. The first-order chi connectivity index (χ1) is 8.81. The average Bonchev–Trinajstić information content (AvgIpc) is 2.34. The van der Waals surface area contributed by atoms with Gasteiger partial charge in [0.1, 0.15) is 5.60 Å². The molecule has 1 amide bonds. The molecule has 1 aliphatic carbocycles. The highest BCUT2D eigenvalue weighted by Crippen LogP contribution is 2.19. The second-order valence-corrected chi connectivity index (χ2v) is 5.42. The van der Waals surface area contributed by atoms with Gasteiger partial charge in [0.25, 0.3) is 0 Å². The standard InChI is InChI=1S/C14H21NO4/c1-14(2,3)19-13(17)15-9-10-6-5-7-11(8-10)12(16)18-4/h5-7,10H,8-9H2,1-4H3,(H,15,17). The topological polar surface area (TPSA) is 64.6 Å². The van der Waals surface area contributed by atoms with E-state index in [1.54, 1.807) is 12.2 Å². The molecule has 0 saturated carbocycles. The van der Waals surface area contributed by atoms with Crippen LogP contribution in [0.2, 0.25) is 0 Å². The molecule has 5 heteroatoms. The first-order valence-corrected chi connectivity index (χ1v) is 6.24. The van der Waals surface area contributed by atoms with E-state index in [1.807, 2.05) is 26.8 Å². The minimum absolute atomic E-state index is 0.0756. The molecule has 0 aromatic rings. The lowest BCUT2D eigenvalue weighted by molar-refractivity contribution is -0.136. The van der Waals surface area contributed by atoms with Crippen molar-refractivity contribution in [2.24, 2.45) is 5.92 Å². The highest BCUT2D eigenvalue weighted by molar-refractivity contribution is 5.89. The Kier molecular flexibility index (Phi) is 5.15. The summed E-state index contributed by atoms with van der Waals surface area (Å²) in [6.07, 6.45) is 5.59. The van der Waals surface area contributed by atoms with Gasteiger partial charge in [-0.3, -0.25) is 0 Å². The van der Waals surface area contributed by atoms with Crippen LogP contribution in [0.3, 0.4) is 0 Å². The van der Waals surface area contributed by atoms with Crippen LogP contribution in [0.15, 0.2) is 23.8 Å². The lowest BCUT2D eigenvalue weighted by atomic mass is 9.94. The molecule has 1 unspecified atom stereocenters. The van der Waals surface area contributed by atoms with Crippen molar-refractivity contribution in [3.05, 3.63) is 23.8 Å². The number of methoxy groups -OCH3 is 1. The molecule has 0 spiro atoms. The van der Waals surface area contributed by atoms with E-state index in [0.29, 0.717) is 18.5 Å². The Morgan fingerprint density at radius 1 is 1.42 bits per heavy atom. The number of ether oxygens (including phenoxy) is 2. The van der Waals surface area contributed by atoms with Crippen molar-refractivity contribution in [2.75, 3.05) is 13.7 Å². The van der Waals surface area contributed by atoms with Crippen LogP contribution in [0.25, 0.3) is 0 Å². The number of hydrogen-bond donors (Lipinski definition) is 1. The third-order valence-corrected chi connectivity index (χ3v) is 2.52. The number of carbonyl (C=O) groups excluding carboxylic acids is 2. The van der Waals surface area contributed by atoms with E-state index in [2.05, 4.69) is 10.1 Å². The smallest absolute Gasteiger partial charge is 0.407 e. The molecule has 0 saturated heterocycles. The van der Waals surface area contributed by atoms with E-state index in [0.717, 1.165) is 0 Å².